The summed E-state index contributed by atoms with van der Waals surface area (Å²) in [5.41, 5.74) is 10.6. The Labute approximate surface area is 389 Å². The van der Waals surface area contributed by atoms with E-state index in [0.29, 0.717) is 80.2 Å². The zero-order valence-corrected chi connectivity index (χ0v) is 38.4. The van der Waals surface area contributed by atoms with Crippen molar-refractivity contribution < 1.29 is 24.2 Å². The molecule has 14 nitrogen and oxygen atoms in total. The number of aromatic nitrogens is 4. The molecule has 4 aromatic rings. The Kier molecular flexibility index (Phi) is 14.6. The lowest BCUT2D eigenvalue weighted by molar-refractivity contribution is -0.150. The quantitative estimate of drug-likeness (QED) is 0.129. The molecular formula is C52H67N9O5. The van der Waals surface area contributed by atoms with Crippen molar-refractivity contribution in [3.8, 4) is 28.4 Å². The number of anilines is 3. The Balaban J connectivity index is 0.808. The Bertz CT molecular complexity index is 2360. The SMILES string of the molecule is Nc1nnc(-c2ccccc2O)cc1-n1cc(N2CCN(C3CCC(c4cccc5c4OCCN5[C@H]4CCC(=O)N(CC5C/C=C\CCCCCCCCCCC5)C4=O)CC3)CC2=O)cn1. The number of likely N-dealkylation sites (tertiary alicyclic amines) is 1. The van der Waals surface area contributed by atoms with Crippen molar-refractivity contribution in [2.45, 2.75) is 134 Å². The highest BCUT2D eigenvalue weighted by Gasteiger charge is 2.41. The summed E-state index contributed by atoms with van der Waals surface area (Å²) in [6.07, 6.45) is 27.5. The molecule has 3 amide bonds. The minimum atomic E-state index is -0.381. The number of piperazine rings is 1. The van der Waals surface area contributed by atoms with Crippen LogP contribution in [0.4, 0.5) is 17.2 Å². The van der Waals surface area contributed by atoms with Crippen molar-refractivity contribution in [3.63, 3.8) is 0 Å². The van der Waals surface area contributed by atoms with Gasteiger partial charge in [-0.15, -0.1) is 10.2 Å². The summed E-state index contributed by atoms with van der Waals surface area (Å²) in [4.78, 5) is 49.6. The van der Waals surface area contributed by atoms with Crippen LogP contribution in [0.1, 0.15) is 127 Å². The zero-order valence-electron chi connectivity index (χ0n) is 38.4. The smallest absolute Gasteiger partial charge is 0.251 e. The molecule has 0 spiro atoms. The Hall–Kier alpha value is -5.76. The largest absolute Gasteiger partial charge is 0.507 e. The number of phenols is 1. The monoisotopic (exact) mass is 898 g/mol. The summed E-state index contributed by atoms with van der Waals surface area (Å²) < 4.78 is 8.07. The third kappa shape index (κ3) is 10.3. The number of hydrogen-bond acceptors (Lipinski definition) is 11. The third-order valence-electron chi connectivity index (χ3n) is 14.8. The molecule has 0 radical (unpaired) electrons. The van der Waals surface area contributed by atoms with Crippen LogP contribution in [-0.4, -0.2) is 104 Å². The van der Waals surface area contributed by atoms with Crippen LogP contribution in [0.3, 0.4) is 0 Å². The van der Waals surface area contributed by atoms with E-state index in [1.165, 1.54) is 56.9 Å². The highest BCUT2D eigenvalue weighted by atomic mass is 16.5. The van der Waals surface area contributed by atoms with Gasteiger partial charge < -0.3 is 25.4 Å². The van der Waals surface area contributed by atoms with E-state index in [1.807, 2.05) is 6.07 Å². The van der Waals surface area contributed by atoms with Gasteiger partial charge in [-0.05, 0) is 99.5 Å². The second kappa shape index (κ2) is 21.3. The number of aromatic hydroxyl groups is 1. The van der Waals surface area contributed by atoms with Gasteiger partial charge in [0.1, 0.15) is 29.8 Å². The van der Waals surface area contributed by atoms with Gasteiger partial charge in [-0.25, -0.2) is 4.68 Å². The molecule has 66 heavy (non-hydrogen) atoms. The van der Waals surface area contributed by atoms with Gasteiger partial charge in [-0.3, -0.25) is 24.2 Å². The van der Waals surface area contributed by atoms with E-state index >= 15 is 0 Å². The number of piperidine rings is 1. The number of benzene rings is 2. The number of hydrogen-bond donors (Lipinski definition) is 2. The predicted octanol–water partition coefficient (Wildman–Crippen LogP) is 8.58. The molecule has 5 aliphatic rings. The van der Waals surface area contributed by atoms with Gasteiger partial charge in [0.2, 0.25) is 11.8 Å². The molecule has 1 saturated carbocycles. The number of fused-ring (bicyclic) bond motifs is 1. The van der Waals surface area contributed by atoms with E-state index in [2.05, 4.69) is 55.4 Å². The number of nitrogens with zero attached hydrogens (tertiary/aromatic N) is 8. The zero-order chi connectivity index (χ0) is 45.4. The van der Waals surface area contributed by atoms with Gasteiger partial charge in [0, 0.05) is 37.7 Å². The number of carbonyl (C=O) groups is 3. The number of nitrogens with two attached hydrogens (primary N) is 1. The maximum absolute atomic E-state index is 14.4. The lowest BCUT2D eigenvalue weighted by atomic mass is 9.80. The van der Waals surface area contributed by atoms with Crippen LogP contribution in [0.5, 0.6) is 11.5 Å². The van der Waals surface area contributed by atoms with Gasteiger partial charge in [-0.2, -0.15) is 5.10 Å². The molecule has 0 bridgehead atoms. The van der Waals surface area contributed by atoms with Gasteiger partial charge in [0.25, 0.3) is 5.91 Å². The second-order valence-electron chi connectivity index (χ2n) is 19.1. The predicted molar refractivity (Wildman–Crippen MR) is 257 cm³/mol. The number of amides is 3. The molecule has 2 saturated heterocycles. The number of allylic oxidation sites excluding steroid dienone is 2. The third-order valence-corrected chi connectivity index (χ3v) is 14.8. The van der Waals surface area contributed by atoms with Gasteiger partial charge in [0.05, 0.1) is 42.6 Å². The summed E-state index contributed by atoms with van der Waals surface area (Å²) in [5, 5.41) is 23.2. The average Bonchev–Trinajstić information content (AvgIpc) is 3.82. The lowest BCUT2D eigenvalue weighted by Crippen LogP contribution is -2.57. The van der Waals surface area contributed by atoms with Crippen molar-refractivity contribution in [2.75, 3.05) is 54.9 Å². The summed E-state index contributed by atoms with van der Waals surface area (Å²) in [7, 11) is 0. The first kappa shape index (κ1) is 45.4. The van der Waals surface area contributed by atoms with Crippen LogP contribution in [0.25, 0.3) is 16.9 Å². The number of rotatable bonds is 8. The standard InChI is InChI=1S/C52H67N9O5/c53-51-46(32-43(55-56-51)42-18-13-14-21-47(42)62)61-35-40(33-54-61)58-29-28-57(36-49(58)64)39-24-22-38(23-25-39)41-19-15-20-44-50(41)66-31-30-59(44)45-26-27-48(63)60(52(45)65)34-37-16-11-9-7-5-3-1-2-4-6-8-10-12-17-37/h9,11,13-15,18-21,32-33,35,37-39,45,62H,1-8,10,12,16-17,22-31,34,36H2,(H2,53,56)/b11-9-/t37?,38?,39?,45-/m0/s1. The normalized spacial score (nSPS) is 24.8. The van der Waals surface area contributed by atoms with Crippen LogP contribution in [0.2, 0.25) is 0 Å². The molecule has 2 aromatic carbocycles. The summed E-state index contributed by atoms with van der Waals surface area (Å²) in [6.45, 7) is 3.27. The van der Waals surface area contributed by atoms with Gasteiger partial charge >= 0.3 is 0 Å². The number of imide groups is 1. The first-order valence-corrected chi connectivity index (χ1v) is 24.8. The highest BCUT2D eigenvalue weighted by Crippen LogP contribution is 2.45. The lowest BCUT2D eigenvalue weighted by Gasteiger charge is -2.43. The molecule has 9 rings (SSSR count). The number of phenolic OH excluding ortho intramolecular Hbond substituents is 1. The summed E-state index contributed by atoms with van der Waals surface area (Å²) in [5.74, 6) is 1.71. The summed E-state index contributed by atoms with van der Waals surface area (Å²) in [6, 6.07) is 15.0. The molecule has 1 unspecified atom stereocenters. The van der Waals surface area contributed by atoms with E-state index in [0.717, 1.165) is 69.3 Å². The van der Waals surface area contributed by atoms with Gasteiger partial charge in [0.15, 0.2) is 5.82 Å². The Morgan fingerprint density at radius 2 is 1.56 bits per heavy atom. The molecular weight excluding hydrogens is 831 g/mol. The van der Waals surface area contributed by atoms with E-state index in [1.54, 1.807) is 51.1 Å². The van der Waals surface area contributed by atoms with E-state index in [9.17, 15) is 19.5 Å². The molecule has 3 fully saturated rings. The fourth-order valence-electron chi connectivity index (χ4n) is 11.1. The van der Waals surface area contributed by atoms with E-state index < -0.39 is 0 Å². The molecule has 14 heteroatoms. The van der Waals surface area contributed by atoms with Crippen molar-refractivity contribution >= 4 is 34.9 Å². The maximum atomic E-state index is 14.4. The van der Waals surface area contributed by atoms with Crippen molar-refractivity contribution in [1.82, 2.24) is 29.8 Å². The highest BCUT2D eigenvalue weighted by molar-refractivity contribution is 6.02. The fourth-order valence-corrected chi connectivity index (χ4v) is 11.1. The van der Waals surface area contributed by atoms with Crippen molar-refractivity contribution in [1.29, 1.82) is 0 Å². The fraction of sp³-hybridized carbons (Fsp3) is 0.538. The minimum absolute atomic E-state index is 0.0281. The van der Waals surface area contributed by atoms with Gasteiger partial charge in [-0.1, -0.05) is 87.8 Å². The van der Waals surface area contributed by atoms with Crippen molar-refractivity contribution in [3.05, 3.63) is 78.6 Å². The maximum Gasteiger partial charge on any atom is 0.251 e. The molecule has 2 aliphatic carbocycles. The number of ether oxygens (including phenoxy) is 1. The van der Waals surface area contributed by atoms with Crippen LogP contribution >= 0.6 is 0 Å². The first-order valence-electron chi connectivity index (χ1n) is 24.8. The average molecular weight is 898 g/mol. The van der Waals surface area contributed by atoms with Crippen LogP contribution in [-0.2, 0) is 14.4 Å². The Morgan fingerprint density at radius 1 is 0.773 bits per heavy atom. The summed E-state index contributed by atoms with van der Waals surface area (Å²) >= 11 is 0. The minimum Gasteiger partial charge on any atom is -0.507 e. The van der Waals surface area contributed by atoms with E-state index in [-0.39, 0.29) is 41.2 Å². The number of para-hydroxylation sites is 2. The number of nitrogen functional groups attached to an aromatic ring is 1. The molecule has 350 valence electrons. The van der Waals surface area contributed by atoms with Crippen LogP contribution < -0.4 is 20.3 Å². The van der Waals surface area contributed by atoms with Crippen LogP contribution in [0, 0.1) is 5.92 Å². The van der Waals surface area contributed by atoms with Crippen molar-refractivity contribution in [2.24, 2.45) is 5.92 Å². The molecule has 2 aromatic heterocycles. The molecule has 3 N–H and O–H groups in total. The molecule has 5 heterocycles. The Morgan fingerprint density at radius 3 is 2.36 bits per heavy atom. The second-order valence-corrected chi connectivity index (χ2v) is 19.1. The van der Waals surface area contributed by atoms with Crippen LogP contribution in [0.15, 0.2) is 73.1 Å². The first-order chi connectivity index (χ1) is 32.3. The molecule has 2 atom stereocenters. The molecule has 3 aliphatic heterocycles. The topological polar surface area (TPSA) is 163 Å². The number of carbonyl (C=O) groups excluding carboxylic acids is 3. The van der Waals surface area contributed by atoms with E-state index in [4.69, 9.17) is 10.5 Å².